The Bertz CT molecular complexity index is 840. The fourth-order valence-electron chi connectivity index (χ4n) is 4.14. The minimum absolute atomic E-state index is 0.451. The quantitative estimate of drug-likeness (QED) is 0.650. The Morgan fingerprint density at radius 3 is 2.76 bits per heavy atom. The molecule has 8 heteroatoms. The Morgan fingerprint density at radius 2 is 2.10 bits per heavy atom. The number of anilines is 1. The van der Waals surface area contributed by atoms with Gasteiger partial charge in [-0.05, 0) is 25.2 Å². The summed E-state index contributed by atoms with van der Waals surface area (Å²) in [7, 11) is 4.02. The number of ether oxygens (including phenoxy) is 1. The van der Waals surface area contributed by atoms with Crippen molar-refractivity contribution in [1.29, 1.82) is 0 Å². The van der Waals surface area contributed by atoms with Gasteiger partial charge >= 0.3 is 0 Å². The highest BCUT2D eigenvalue weighted by molar-refractivity contribution is 7.16. The lowest BCUT2D eigenvalue weighted by molar-refractivity contribution is 0.190. The summed E-state index contributed by atoms with van der Waals surface area (Å²) in [4.78, 5) is 15.3. The fraction of sp³-hybridized carbons (Fsp3) is 0.714. The SMILES string of the molecule is CC(C)CCc1nc(C2CCOC2)n2c1CN(Cc1sc(N(C)C)nc1Cl)CC2. The molecule has 1 unspecified atom stereocenters. The first-order valence-electron chi connectivity index (χ1n) is 10.6. The van der Waals surface area contributed by atoms with Crippen LogP contribution in [0.5, 0.6) is 0 Å². The lowest BCUT2D eigenvalue weighted by Crippen LogP contribution is -2.34. The number of thiazole rings is 1. The van der Waals surface area contributed by atoms with Crippen LogP contribution in [0.25, 0.3) is 0 Å². The Hall–Kier alpha value is -1.15. The van der Waals surface area contributed by atoms with Crippen molar-refractivity contribution < 1.29 is 4.74 Å². The zero-order chi connectivity index (χ0) is 20.5. The molecule has 0 spiro atoms. The third kappa shape index (κ3) is 4.63. The van der Waals surface area contributed by atoms with Gasteiger partial charge in [0, 0.05) is 52.8 Å². The number of halogens is 1. The van der Waals surface area contributed by atoms with Gasteiger partial charge in [-0.25, -0.2) is 9.97 Å². The van der Waals surface area contributed by atoms with Crippen LogP contribution in [-0.2, 0) is 30.8 Å². The molecule has 0 bridgehead atoms. The summed E-state index contributed by atoms with van der Waals surface area (Å²) in [5, 5.41) is 1.61. The van der Waals surface area contributed by atoms with Crippen molar-refractivity contribution in [3.05, 3.63) is 27.2 Å². The molecule has 2 aliphatic rings. The average Bonchev–Trinajstić information content (AvgIpc) is 3.39. The number of aromatic nitrogens is 3. The summed E-state index contributed by atoms with van der Waals surface area (Å²) in [5.41, 5.74) is 2.68. The normalized spacial score (nSPS) is 19.9. The van der Waals surface area contributed by atoms with Crippen LogP contribution in [0.15, 0.2) is 0 Å². The van der Waals surface area contributed by atoms with Crippen LogP contribution in [0.2, 0.25) is 5.15 Å². The van der Waals surface area contributed by atoms with E-state index in [0.29, 0.717) is 17.0 Å². The first-order valence-corrected chi connectivity index (χ1v) is 11.8. The Labute approximate surface area is 182 Å². The van der Waals surface area contributed by atoms with Crippen LogP contribution >= 0.6 is 22.9 Å². The molecular formula is C21H32ClN5OS. The van der Waals surface area contributed by atoms with E-state index in [1.165, 1.54) is 23.6 Å². The molecule has 0 amide bonds. The van der Waals surface area contributed by atoms with Crippen LogP contribution in [0.4, 0.5) is 5.13 Å². The van der Waals surface area contributed by atoms with Crippen molar-refractivity contribution in [3.8, 4) is 0 Å². The highest BCUT2D eigenvalue weighted by Crippen LogP contribution is 2.33. The smallest absolute Gasteiger partial charge is 0.186 e. The highest BCUT2D eigenvalue weighted by Gasteiger charge is 2.30. The van der Waals surface area contributed by atoms with Crippen molar-refractivity contribution in [2.24, 2.45) is 5.92 Å². The maximum atomic E-state index is 6.43. The summed E-state index contributed by atoms with van der Waals surface area (Å²) in [6, 6.07) is 0. The molecule has 1 saturated heterocycles. The summed E-state index contributed by atoms with van der Waals surface area (Å²) >= 11 is 8.12. The molecular weight excluding hydrogens is 406 g/mol. The second-order valence-corrected chi connectivity index (χ2v) is 10.2. The lowest BCUT2D eigenvalue weighted by atomic mass is 10.0. The van der Waals surface area contributed by atoms with Crippen LogP contribution in [0.1, 0.15) is 54.7 Å². The fourth-order valence-corrected chi connectivity index (χ4v) is 5.36. The maximum Gasteiger partial charge on any atom is 0.186 e. The van der Waals surface area contributed by atoms with Crippen molar-refractivity contribution in [3.63, 3.8) is 0 Å². The molecule has 0 saturated carbocycles. The van der Waals surface area contributed by atoms with Crippen LogP contribution in [0, 0.1) is 5.92 Å². The van der Waals surface area contributed by atoms with Gasteiger partial charge in [0.15, 0.2) is 5.13 Å². The van der Waals surface area contributed by atoms with Gasteiger partial charge in [0.25, 0.3) is 0 Å². The largest absolute Gasteiger partial charge is 0.381 e. The van der Waals surface area contributed by atoms with E-state index in [-0.39, 0.29) is 0 Å². The first kappa shape index (κ1) is 21.1. The summed E-state index contributed by atoms with van der Waals surface area (Å²) in [5.74, 6) is 2.39. The first-order chi connectivity index (χ1) is 13.9. The number of fused-ring (bicyclic) bond motifs is 1. The van der Waals surface area contributed by atoms with Gasteiger partial charge in [-0.2, -0.15) is 0 Å². The second kappa shape index (κ2) is 8.92. The lowest BCUT2D eigenvalue weighted by Gasteiger charge is -2.29. The molecule has 160 valence electrons. The van der Waals surface area contributed by atoms with E-state index in [4.69, 9.17) is 21.3 Å². The molecule has 29 heavy (non-hydrogen) atoms. The van der Waals surface area contributed by atoms with Gasteiger partial charge < -0.3 is 14.2 Å². The van der Waals surface area contributed by atoms with Crippen molar-refractivity contribution in [2.75, 3.05) is 38.8 Å². The van der Waals surface area contributed by atoms with Crippen LogP contribution in [0.3, 0.4) is 0 Å². The number of rotatable bonds is 7. The van der Waals surface area contributed by atoms with Crippen molar-refractivity contribution in [2.45, 2.75) is 58.7 Å². The molecule has 0 aliphatic carbocycles. The molecule has 0 aromatic carbocycles. The van der Waals surface area contributed by atoms with E-state index in [1.54, 1.807) is 11.3 Å². The van der Waals surface area contributed by atoms with E-state index in [0.717, 1.165) is 62.2 Å². The van der Waals surface area contributed by atoms with Gasteiger partial charge in [0.2, 0.25) is 0 Å². The number of hydrogen-bond acceptors (Lipinski definition) is 6. The van der Waals surface area contributed by atoms with Crippen molar-refractivity contribution in [1.82, 2.24) is 19.4 Å². The molecule has 6 nitrogen and oxygen atoms in total. The van der Waals surface area contributed by atoms with E-state index >= 15 is 0 Å². The molecule has 0 radical (unpaired) electrons. The highest BCUT2D eigenvalue weighted by atomic mass is 35.5. The minimum Gasteiger partial charge on any atom is -0.381 e. The van der Waals surface area contributed by atoms with E-state index in [2.05, 4.69) is 28.3 Å². The Morgan fingerprint density at radius 1 is 1.28 bits per heavy atom. The van der Waals surface area contributed by atoms with Crippen molar-refractivity contribution >= 4 is 28.1 Å². The van der Waals surface area contributed by atoms with Crippen LogP contribution < -0.4 is 4.90 Å². The van der Waals surface area contributed by atoms with Gasteiger partial charge in [0.05, 0.1) is 22.9 Å². The predicted molar refractivity (Wildman–Crippen MR) is 119 cm³/mol. The number of imidazole rings is 1. The van der Waals surface area contributed by atoms with E-state index < -0.39 is 0 Å². The molecule has 1 fully saturated rings. The maximum absolute atomic E-state index is 6.43. The van der Waals surface area contributed by atoms with Gasteiger partial charge in [-0.15, -0.1) is 0 Å². The molecule has 4 rings (SSSR count). The summed E-state index contributed by atoms with van der Waals surface area (Å²) in [6.07, 6.45) is 3.32. The molecule has 4 heterocycles. The van der Waals surface area contributed by atoms with Gasteiger partial charge in [0.1, 0.15) is 11.0 Å². The Kier molecular flexibility index (Phi) is 6.49. The number of nitrogens with zero attached hydrogens (tertiary/aromatic N) is 5. The predicted octanol–water partition coefficient (Wildman–Crippen LogP) is 4.17. The Balaban J connectivity index is 1.55. The standard InChI is InChI=1S/C21H32ClN5OS/c1-14(2)5-6-16-17-11-26(12-18-19(22)24-21(29-18)25(3)4)8-9-27(17)20(23-16)15-7-10-28-13-15/h14-15H,5-13H2,1-4H3. The topological polar surface area (TPSA) is 46.4 Å². The van der Waals surface area contributed by atoms with E-state index in [9.17, 15) is 0 Å². The summed E-state index contributed by atoms with van der Waals surface area (Å²) < 4.78 is 8.15. The molecule has 1 atom stereocenters. The number of hydrogen-bond donors (Lipinski definition) is 0. The minimum atomic E-state index is 0.451. The second-order valence-electron chi connectivity index (χ2n) is 8.82. The third-order valence-electron chi connectivity index (χ3n) is 5.84. The number of aryl methyl sites for hydroxylation is 1. The van der Waals surface area contributed by atoms with Gasteiger partial charge in [-0.3, -0.25) is 4.90 Å². The monoisotopic (exact) mass is 437 g/mol. The average molecular weight is 438 g/mol. The van der Waals surface area contributed by atoms with Crippen LogP contribution in [-0.4, -0.2) is 53.3 Å². The molecule has 0 N–H and O–H groups in total. The third-order valence-corrected chi connectivity index (χ3v) is 7.47. The van der Waals surface area contributed by atoms with E-state index in [1.807, 2.05) is 19.0 Å². The molecule has 2 aromatic rings. The zero-order valence-electron chi connectivity index (χ0n) is 17.9. The summed E-state index contributed by atoms with van der Waals surface area (Å²) in [6.45, 7) is 10.0. The zero-order valence-corrected chi connectivity index (χ0v) is 19.5. The van der Waals surface area contributed by atoms with Gasteiger partial charge in [-0.1, -0.05) is 36.8 Å². The molecule has 2 aliphatic heterocycles. The molecule has 2 aromatic heterocycles.